The van der Waals surface area contributed by atoms with Gasteiger partial charge in [-0.1, -0.05) is 12.1 Å². The summed E-state index contributed by atoms with van der Waals surface area (Å²) in [7, 11) is 0. The zero-order valence-corrected chi connectivity index (χ0v) is 16.4. The van der Waals surface area contributed by atoms with Crippen LogP contribution in [0.2, 0.25) is 0 Å². The summed E-state index contributed by atoms with van der Waals surface area (Å²) in [5, 5.41) is 47.6. The molecule has 3 rings (SSSR count). The van der Waals surface area contributed by atoms with Gasteiger partial charge in [-0.2, -0.15) is 0 Å². The predicted octanol–water partition coefficient (Wildman–Crippen LogP) is 0.0473. The Kier molecular flexibility index (Phi) is 7.05. The van der Waals surface area contributed by atoms with Crippen molar-refractivity contribution in [1.82, 2.24) is 0 Å². The first-order valence-corrected chi connectivity index (χ1v) is 9.34. The van der Waals surface area contributed by atoms with Gasteiger partial charge in [0.05, 0.1) is 11.1 Å². The second kappa shape index (κ2) is 9.75. The molecule has 0 spiro atoms. The number of rotatable bonds is 8. The van der Waals surface area contributed by atoms with Gasteiger partial charge in [-0.15, -0.1) is 0 Å². The lowest BCUT2D eigenvalue weighted by Crippen LogP contribution is -2.61. The van der Waals surface area contributed by atoms with Gasteiger partial charge in [0.15, 0.2) is 12.4 Å². The highest BCUT2D eigenvalue weighted by Crippen LogP contribution is 2.29. The Balaban J connectivity index is 1.70. The maximum Gasteiger partial charge on any atom is 0.335 e. The van der Waals surface area contributed by atoms with Crippen molar-refractivity contribution in [3.8, 4) is 11.5 Å². The van der Waals surface area contributed by atoms with E-state index in [1.165, 1.54) is 30.3 Å². The monoisotopic (exact) mass is 448 g/mol. The third-order valence-corrected chi connectivity index (χ3v) is 4.77. The number of aldehydes is 1. The molecule has 5 atom stereocenters. The molecule has 5 unspecified atom stereocenters. The van der Waals surface area contributed by atoms with Crippen LogP contribution in [0, 0.1) is 0 Å². The highest BCUT2D eigenvalue weighted by Gasteiger charge is 2.48. The van der Waals surface area contributed by atoms with E-state index in [0.717, 1.165) is 0 Å². The van der Waals surface area contributed by atoms with Crippen molar-refractivity contribution < 1.29 is 54.1 Å². The Morgan fingerprint density at radius 3 is 2.25 bits per heavy atom. The fraction of sp³-hybridized carbons (Fsp3) is 0.286. The molecule has 2 aromatic carbocycles. The van der Waals surface area contributed by atoms with E-state index in [0.29, 0.717) is 11.8 Å². The smallest absolute Gasteiger partial charge is 0.335 e. The van der Waals surface area contributed by atoms with Crippen LogP contribution in [0.1, 0.15) is 26.3 Å². The number of benzene rings is 2. The molecule has 170 valence electrons. The molecule has 0 amide bonds. The van der Waals surface area contributed by atoms with Gasteiger partial charge in [0, 0.05) is 0 Å². The Hall–Kier alpha value is -3.51. The number of carboxylic acids is 2. The summed E-state index contributed by atoms with van der Waals surface area (Å²) in [4.78, 5) is 33.6. The maximum atomic E-state index is 11.5. The van der Waals surface area contributed by atoms with E-state index in [1.54, 1.807) is 12.1 Å². The molecule has 5 N–H and O–H groups in total. The summed E-state index contributed by atoms with van der Waals surface area (Å²) in [6, 6.07) is 10.1. The third-order valence-electron chi connectivity index (χ3n) is 4.77. The molecule has 32 heavy (non-hydrogen) atoms. The molecular formula is C21H20O11. The van der Waals surface area contributed by atoms with E-state index in [9.17, 15) is 29.7 Å². The van der Waals surface area contributed by atoms with Crippen LogP contribution in [0.3, 0.4) is 0 Å². The fourth-order valence-electron chi connectivity index (χ4n) is 3.00. The van der Waals surface area contributed by atoms with Gasteiger partial charge in [0.25, 0.3) is 0 Å². The molecule has 1 aliphatic rings. The summed E-state index contributed by atoms with van der Waals surface area (Å²) < 4.78 is 16.0. The van der Waals surface area contributed by atoms with Crippen LogP contribution in [0.4, 0.5) is 0 Å². The van der Waals surface area contributed by atoms with Crippen LogP contribution in [0.15, 0.2) is 42.5 Å². The number of hydrogen-bond acceptors (Lipinski definition) is 9. The van der Waals surface area contributed by atoms with E-state index >= 15 is 0 Å². The Bertz CT molecular complexity index is 988. The molecule has 11 heteroatoms. The van der Waals surface area contributed by atoms with Crippen LogP contribution in [-0.4, -0.2) is 74.5 Å². The average molecular weight is 448 g/mol. The summed E-state index contributed by atoms with van der Waals surface area (Å²) in [6.07, 6.45) is -8.54. The van der Waals surface area contributed by atoms with Gasteiger partial charge in [-0.05, 0) is 35.9 Å². The van der Waals surface area contributed by atoms with E-state index < -0.39 is 42.6 Å². The second-order valence-corrected chi connectivity index (χ2v) is 6.96. The number of hydrogen-bond donors (Lipinski definition) is 5. The van der Waals surface area contributed by atoms with Crippen LogP contribution in [-0.2, 0) is 16.1 Å². The van der Waals surface area contributed by atoms with E-state index in [-0.39, 0.29) is 29.2 Å². The number of carboxylic acid groups (broad SMARTS) is 2. The van der Waals surface area contributed by atoms with Crippen molar-refractivity contribution in [2.24, 2.45) is 0 Å². The van der Waals surface area contributed by atoms with E-state index in [4.69, 9.17) is 24.4 Å². The summed E-state index contributed by atoms with van der Waals surface area (Å²) >= 11 is 0. The summed E-state index contributed by atoms with van der Waals surface area (Å²) in [6.45, 7) is 0.0905. The number of aliphatic hydroxyl groups is 3. The minimum atomic E-state index is -1.87. The molecule has 0 aliphatic carbocycles. The van der Waals surface area contributed by atoms with Crippen molar-refractivity contribution in [2.45, 2.75) is 37.3 Å². The summed E-state index contributed by atoms with van der Waals surface area (Å²) in [5.74, 6) is -2.40. The molecule has 0 radical (unpaired) electrons. The lowest BCUT2D eigenvalue weighted by Gasteiger charge is -2.38. The van der Waals surface area contributed by atoms with Crippen molar-refractivity contribution in [2.75, 3.05) is 0 Å². The summed E-state index contributed by atoms with van der Waals surface area (Å²) in [5.41, 5.74) is 0.814. The SMILES string of the molecule is O=Cc1cc(OCc2ccc(C(=O)O)cc2)ccc1OC1OC(C(=O)O)C(O)C(O)C1O. The quantitative estimate of drug-likeness (QED) is 0.344. The number of carbonyl (C=O) groups excluding carboxylic acids is 1. The molecule has 11 nitrogen and oxygen atoms in total. The van der Waals surface area contributed by atoms with Crippen molar-refractivity contribution in [3.63, 3.8) is 0 Å². The van der Waals surface area contributed by atoms with Crippen LogP contribution >= 0.6 is 0 Å². The minimum Gasteiger partial charge on any atom is -0.489 e. The van der Waals surface area contributed by atoms with Crippen molar-refractivity contribution in [1.29, 1.82) is 0 Å². The van der Waals surface area contributed by atoms with Gasteiger partial charge in [-0.25, -0.2) is 9.59 Å². The highest BCUT2D eigenvalue weighted by atomic mass is 16.7. The molecule has 0 bridgehead atoms. The Labute approximate surface area is 181 Å². The van der Waals surface area contributed by atoms with Crippen LogP contribution in [0.25, 0.3) is 0 Å². The predicted molar refractivity (Wildman–Crippen MR) is 105 cm³/mol. The van der Waals surface area contributed by atoms with Crippen molar-refractivity contribution >= 4 is 18.2 Å². The average Bonchev–Trinajstić information content (AvgIpc) is 2.78. The molecule has 0 saturated carbocycles. The minimum absolute atomic E-state index is 0.00740. The van der Waals surface area contributed by atoms with E-state index in [2.05, 4.69) is 0 Å². The lowest BCUT2D eigenvalue weighted by molar-refractivity contribution is -0.271. The first kappa shape index (κ1) is 23.2. The normalized spacial score (nSPS) is 25.0. The topological polar surface area (TPSA) is 180 Å². The Morgan fingerprint density at radius 1 is 0.969 bits per heavy atom. The molecule has 1 saturated heterocycles. The zero-order chi connectivity index (χ0) is 23.4. The van der Waals surface area contributed by atoms with Gasteiger partial charge in [-0.3, -0.25) is 4.79 Å². The first-order chi connectivity index (χ1) is 15.2. The van der Waals surface area contributed by atoms with Crippen molar-refractivity contribution in [3.05, 3.63) is 59.2 Å². The van der Waals surface area contributed by atoms with Crippen LogP contribution in [0.5, 0.6) is 11.5 Å². The number of aromatic carboxylic acids is 1. The lowest BCUT2D eigenvalue weighted by atomic mass is 9.99. The molecule has 2 aromatic rings. The number of ether oxygens (including phenoxy) is 3. The molecule has 1 heterocycles. The zero-order valence-electron chi connectivity index (χ0n) is 16.4. The van der Waals surface area contributed by atoms with Gasteiger partial charge in [0.1, 0.15) is 36.4 Å². The third kappa shape index (κ3) is 5.03. The Morgan fingerprint density at radius 2 is 1.66 bits per heavy atom. The molecule has 1 fully saturated rings. The fourth-order valence-corrected chi connectivity index (χ4v) is 3.00. The number of aliphatic hydroxyl groups excluding tert-OH is 3. The number of carbonyl (C=O) groups is 3. The van der Waals surface area contributed by atoms with Gasteiger partial charge in [0.2, 0.25) is 6.29 Å². The molecule has 0 aromatic heterocycles. The van der Waals surface area contributed by atoms with E-state index in [1.807, 2.05) is 0 Å². The number of aliphatic carboxylic acids is 1. The standard InChI is InChI=1S/C21H20O11/c22-8-12-7-13(30-9-10-1-3-11(4-2-10)19(26)27)5-6-14(12)31-21-17(25)15(23)16(24)18(32-21)20(28)29/h1-8,15-18,21,23-25H,9H2,(H,26,27)(H,28,29). The van der Waals surface area contributed by atoms with Crippen LogP contribution < -0.4 is 9.47 Å². The second-order valence-electron chi connectivity index (χ2n) is 6.96. The first-order valence-electron chi connectivity index (χ1n) is 9.34. The highest BCUT2D eigenvalue weighted by molar-refractivity contribution is 5.87. The van der Waals surface area contributed by atoms with Gasteiger partial charge >= 0.3 is 11.9 Å². The maximum absolute atomic E-state index is 11.5. The largest absolute Gasteiger partial charge is 0.489 e. The molecule has 1 aliphatic heterocycles. The molecular weight excluding hydrogens is 428 g/mol. The van der Waals surface area contributed by atoms with Gasteiger partial charge < -0.3 is 39.7 Å².